The summed E-state index contributed by atoms with van der Waals surface area (Å²) in [6, 6.07) is 17.5. The molecule has 6 nitrogen and oxygen atoms in total. The first-order valence-electron chi connectivity index (χ1n) is 12.8. The second-order valence-electron chi connectivity index (χ2n) is 9.14. The molecule has 3 aromatic carbocycles. The molecular formula is C34H28Cl2O6. The number of halogens is 2. The van der Waals surface area contributed by atoms with Gasteiger partial charge in [0.1, 0.15) is 24.7 Å². The predicted molar refractivity (Wildman–Crippen MR) is 164 cm³/mol. The SMILES string of the molecule is CC(C#Cc1ccc(C#CC(C)=CCOc2ccc(CC(=O)O)cc2Cl)cc1)=CCOc1ccc(CC(=O)O)cc1Cl. The summed E-state index contributed by atoms with van der Waals surface area (Å²) in [4.78, 5) is 21.7. The maximum absolute atomic E-state index is 10.8. The molecule has 42 heavy (non-hydrogen) atoms. The summed E-state index contributed by atoms with van der Waals surface area (Å²) in [5, 5.41) is 18.5. The first-order valence-corrected chi connectivity index (χ1v) is 13.6. The van der Waals surface area contributed by atoms with Crippen molar-refractivity contribution in [3.8, 4) is 35.2 Å². The normalized spacial score (nSPS) is 11.0. The second-order valence-corrected chi connectivity index (χ2v) is 9.96. The number of carbonyl (C=O) groups is 2. The molecule has 0 amide bonds. The van der Waals surface area contributed by atoms with Crippen LogP contribution in [0.1, 0.15) is 36.1 Å². The lowest BCUT2D eigenvalue weighted by Crippen LogP contribution is -2.01. The maximum Gasteiger partial charge on any atom is 0.307 e. The third-order valence-electron chi connectivity index (χ3n) is 5.65. The molecule has 0 unspecified atom stereocenters. The molecule has 214 valence electrons. The van der Waals surface area contributed by atoms with Gasteiger partial charge < -0.3 is 19.7 Å². The van der Waals surface area contributed by atoms with E-state index in [0.717, 1.165) is 22.3 Å². The van der Waals surface area contributed by atoms with E-state index in [2.05, 4.69) is 23.7 Å². The topological polar surface area (TPSA) is 93.1 Å². The molecule has 3 rings (SSSR count). The van der Waals surface area contributed by atoms with Crippen molar-refractivity contribution in [3.63, 3.8) is 0 Å². The Kier molecular flexibility index (Phi) is 12.1. The van der Waals surface area contributed by atoms with Crippen LogP contribution < -0.4 is 9.47 Å². The van der Waals surface area contributed by atoms with E-state index in [1.807, 2.05) is 50.3 Å². The molecule has 0 aromatic heterocycles. The number of rotatable bonds is 10. The van der Waals surface area contributed by atoms with Gasteiger partial charge in [-0.05, 0) is 96.8 Å². The van der Waals surface area contributed by atoms with Crippen molar-refractivity contribution in [2.24, 2.45) is 0 Å². The summed E-state index contributed by atoms with van der Waals surface area (Å²) in [6.45, 7) is 4.32. The van der Waals surface area contributed by atoms with Crippen LogP contribution in [0.15, 0.2) is 84.0 Å². The van der Waals surface area contributed by atoms with Crippen molar-refractivity contribution < 1.29 is 29.3 Å². The molecule has 0 bridgehead atoms. The van der Waals surface area contributed by atoms with Crippen molar-refractivity contribution >= 4 is 35.1 Å². The van der Waals surface area contributed by atoms with Gasteiger partial charge in [0.25, 0.3) is 0 Å². The van der Waals surface area contributed by atoms with Crippen LogP contribution >= 0.6 is 23.2 Å². The highest BCUT2D eigenvalue weighted by Gasteiger charge is 2.07. The molecule has 0 saturated heterocycles. The number of hydrogen-bond acceptors (Lipinski definition) is 4. The Morgan fingerprint density at radius 1 is 0.690 bits per heavy atom. The smallest absolute Gasteiger partial charge is 0.307 e. The van der Waals surface area contributed by atoms with Gasteiger partial charge in [0.05, 0.1) is 22.9 Å². The van der Waals surface area contributed by atoms with Gasteiger partial charge in [-0.2, -0.15) is 0 Å². The monoisotopic (exact) mass is 602 g/mol. The number of ether oxygens (including phenoxy) is 2. The number of carboxylic acids is 2. The van der Waals surface area contributed by atoms with E-state index in [1.165, 1.54) is 0 Å². The van der Waals surface area contributed by atoms with Crippen molar-refractivity contribution in [2.75, 3.05) is 13.2 Å². The lowest BCUT2D eigenvalue weighted by Gasteiger charge is -2.07. The predicted octanol–water partition coefficient (Wildman–Crippen LogP) is 7.00. The molecule has 0 atom stereocenters. The number of hydrogen-bond donors (Lipinski definition) is 2. The van der Waals surface area contributed by atoms with Crippen LogP contribution in [0.5, 0.6) is 11.5 Å². The quantitative estimate of drug-likeness (QED) is 0.243. The van der Waals surface area contributed by atoms with Crippen LogP contribution in [-0.4, -0.2) is 35.4 Å². The van der Waals surface area contributed by atoms with E-state index in [4.69, 9.17) is 42.9 Å². The average Bonchev–Trinajstić information content (AvgIpc) is 2.93. The molecule has 0 aliphatic heterocycles. The van der Waals surface area contributed by atoms with Gasteiger partial charge in [-0.15, -0.1) is 0 Å². The first-order chi connectivity index (χ1) is 20.1. The van der Waals surface area contributed by atoms with Gasteiger partial charge in [-0.3, -0.25) is 9.59 Å². The van der Waals surface area contributed by atoms with Crippen LogP contribution in [0.2, 0.25) is 10.0 Å². The lowest BCUT2D eigenvalue weighted by atomic mass is 10.1. The van der Waals surface area contributed by atoms with Crippen LogP contribution in [0.4, 0.5) is 0 Å². The minimum absolute atomic E-state index is 0.0963. The lowest BCUT2D eigenvalue weighted by molar-refractivity contribution is -0.137. The van der Waals surface area contributed by atoms with E-state index < -0.39 is 11.9 Å². The standard InChI is InChI=1S/C34H28Cl2O6/c1-23(15-17-41-31-13-11-27(19-29(31)35)21-33(37)38)3-5-25-7-9-26(10-8-25)6-4-24(2)16-18-42-32-14-12-28(20-30(32)36)22-34(39)40/h7-16,19-20H,17-18,21-22H2,1-2H3,(H,37,38)(H,39,40). The Morgan fingerprint density at radius 3 is 1.40 bits per heavy atom. The zero-order chi connectivity index (χ0) is 30.5. The summed E-state index contributed by atoms with van der Waals surface area (Å²) in [5.41, 5.74) is 4.57. The third-order valence-corrected chi connectivity index (χ3v) is 6.24. The van der Waals surface area contributed by atoms with Crippen molar-refractivity contribution in [3.05, 3.63) is 116 Å². The van der Waals surface area contributed by atoms with Gasteiger partial charge >= 0.3 is 11.9 Å². The van der Waals surface area contributed by atoms with Crippen molar-refractivity contribution in [2.45, 2.75) is 26.7 Å². The molecular weight excluding hydrogens is 575 g/mol. The van der Waals surface area contributed by atoms with Gasteiger partial charge in [-0.25, -0.2) is 0 Å². The van der Waals surface area contributed by atoms with Gasteiger partial charge in [0.15, 0.2) is 0 Å². The van der Waals surface area contributed by atoms with E-state index in [0.29, 0.717) is 32.7 Å². The summed E-state index contributed by atoms with van der Waals surface area (Å²) in [5.74, 6) is 11.5. The average molecular weight is 603 g/mol. The molecule has 0 fully saturated rings. The number of aliphatic carboxylic acids is 2. The second kappa shape index (κ2) is 16.0. The Morgan fingerprint density at radius 2 is 1.07 bits per heavy atom. The first kappa shape index (κ1) is 31.9. The zero-order valence-corrected chi connectivity index (χ0v) is 24.6. The Bertz CT molecular complexity index is 1510. The van der Waals surface area contributed by atoms with E-state index in [-0.39, 0.29) is 26.1 Å². The molecule has 0 aliphatic carbocycles. The molecule has 2 N–H and O–H groups in total. The maximum atomic E-state index is 10.8. The molecule has 3 aromatic rings. The highest BCUT2D eigenvalue weighted by atomic mass is 35.5. The molecule has 0 radical (unpaired) electrons. The van der Waals surface area contributed by atoms with Crippen LogP contribution in [0.3, 0.4) is 0 Å². The largest absolute Gasteiger partial charge is 0.488 e. The van der Waals surface area contributed by atoms with Gasteiger partial charge in [0, 0.05) is 11.1 Å². The molecule has 8 heteroatoms. The minimum atomic E-state index is -0.919. The van der Waals surface area contributed by atoms with E-state index in [9.17, 15) is 9.59 Å². The molecule has 0 saturated carbocycles. The van der Waals surface area contributed by atoms with Gasteiger partial charge in [0.2, 0.25) is 0 Å². The third kappa shape index (κ3) is 11.1. The Balaban J connectivity index is 1.49. The van der Waals surface area contributed by atoms with Crippen LogP contribution in [-0.2, 0) is 22.4 Å². The number of carboxylic acid groups (broad SMARTS) is 2. The summed E-state index contributed by atoms with van der Waals surface area (Å²) in [7, 11) is 0. The fourth-order valence-corrected chi connectivity index (χ4v) is 4.00. The number of allylic oxidation sites excluding steroid dienone is 2. The van der Waals surface area contributed by atoms with E-state index in [1.54, 1.807) is 36.4 Å². The molecule has 0 spiro atoms. The van der Waals surface area contributed by atoms with Crippen molar-refractivity contribution in [1.82, 2.24) is 0 Å². The highest BCUT2D eigenvalue weighted by Crippen LogP contribution is 2.26. The summed E-state index contributed by atoms with van der Waals surface area (Å²) < 4.78 is 11.3. The van der Waals surface area contributed by atoms with Crippen LogP contribution in [0, 0.1) is 23.7 Å². The summed E-state index contributed by atoms with van der Waals surface area (Å²) in [6.07, 6.45) is 3.49. The van der Waals surface area contributed by atoms with E-state index >= 15 is 0 Å². The molecule has 0 aliphatic rings. The fraction of sp³-hybridized carbons (Fsp3) is 0.176. The zero-order valence-electron chi connectivity index (χ0n) is 23.0. The van der Waals surface area contributed by atoms with Gasteiger partial charge in [-0.1, -0.05) is 59.0 Å². The number of benzene rings is 3. The summed E-state index contributed by atoms with van der Waals surface area (Å²) >= 11 is 12.4. The minimum Gasteiger partial charge on any atom is -0.488 e. The highest BCUT2D eigenvalue weighted by molar-refractivity contribution is 6.32. The Labute approximate surface area is 255 Å². The fourth-order valence-electron chi connectivity index (χ4n) is 3.49. The van der Waals surface area contributed by atoms with Crippen molar-refractivity contribution in [1.29, 1.82) is 0 Å². The molecule has 0 heterocycles. The Hall–Kier alpha value is -4.62. The van der Waals surface area contributed by atoms with Crippen LogP contribution in [0.25, 0.3) is 0 Å².